The number of aryl methyl sites for hydroxylation is 2. The van der Waals surface area contributed by atoms with E-state index in [2.05, 4.69) is 37.4 Å². The van der Waals surface area contributed by atoms with Gasteiger partial charge in [0.2, 0.25) is 0 Å². The van der Waals surface area contributed by atoms with Gasteiger partial charge in [-0.1, -0.05) is 50.8 Å². The summed E-state index contributed by atoms with van der Waals surface area (Å²) in [5.74, 6) is 0. The molecule has 0 aromatic heterocycles. The minimum atomic E-state index is 0.698. The van der Waals surface area contributed by atoms with Crippen LogP contribution in [0.4, 0.5) is 5.69 Å². The maximum Gasteiger partial charge on any atom is 0.0404 e. The summed E-state index contributed by atoms with van der Waals surface area (Å²) < 4.78 is 0. The molecule has 1 aliphatic carbocycles. The maximum absolute atomic E-state index is 3.81. The van der Waals surface area contributed by atoms with E-state index < -0.39 is 0 Å². The molecule has 17 heavy (non-hydrogen) atoms. The Hall–Kier alpha value is -0.980. The van der Waals surface area contributed by atoms with Gasteiger partial charge in [0.15, 0.2) is 0 Å². The Morgan fingerprint density at radius 1 is 1.12 bits per heavy atom. The Bertz CT molecular complexity index is 349. The molecule has 1 nitrogen and oxygen atoms in total. The lowest BCUT2D eigenvalue weighted by atomic mass is 10.0. The summed E-state index contributed by atoms with van der Waals surface area (Å²) in [6.07, 6.45) is 9.45. The second-order valence-electron chi connectivity index (χ2n) is 5.30. The van der Waals surface area contributed by atoms with Crippen molar-refractivity contribution in [1.82, 2.24) is 0 Å². The Morgan fingerprint density at radius 3 is 2.47 bits per heavy atom. The van der Waals surface area contributed by atoms with E-state index in [1.165, 1.54) is 55.3 Å². The maximum atomic E-state index is 3.81. The molecule has 1 saturated carbocycles. The highest BCUT2D eigenvalue weighted by Gasteiger charge is 2.14. The summed E-state index contributed by atoms with van der Waals surface area (Å²) in [7, 11) is 0. The molecule has 1 N–H and O–H groups in total. The third-order valence-electron chi connectivity index (χ3n) is 3.94. The summed E-state index contributed by atoms with van der Waals surface area (Å²) in [6, 6.07) is 7.35. The van der Waals surface area contributed by atoms with Gasteiger partial charge in [0.25, 0.3) is 0 Å². The number of nitrogens with one attached hydrogen (secondary N) is 1. The fraction of sp³-hybridized carbons (Fsp3) is 0.625. The topological polar surface area (TPSA) is 12.0 Å². The van der Waals surface area contributed by atoms with E-state index in [-0.39, 0.29) is 0 Å². The molecule has 0 atom stereocenters. The first-order valence-electron chi connectivity index (χ1n) is 7.16. The van der Waals surface area contributed by atoms with Gasteiger partial charge >= 0.3 is 0 Å². The van der Waals surface area contributed by atoms with Crippen LogP contribution in [0.2, 0.25) is 0 Å². The molecule has 0 saturated heterocycles. The van der Waals surface area contributed by atoms with Gasteiger partial charge < -0.3 is 5.32 Å². The van der Waals surface area contributed by atoms with Crippen LogP contribution in [0.15, 0.2) is 18.2 Å². The van der Waals surface area contributed by atoms with Crippen molar-refractivity contribution in [2.45, 2.75) is 64.8 Å². The first-order valence-corrected chi connectivity index (χ1v) is 7.16. The molecule has 1 aliphatic rings. The van der Waals surface area contributed by atoms with Crippen LogP contribution in [0.25, 0.3) is 0 Å². The highest BCUT2D eigenvalue weighted by Crippen LogP contribution is 2.26. The van der Waals surface area contributed by atoms with Crippen LogP contribution in [0.3, 0.4) is 0 Å². The Labute approximate surface area is 106 Å². The molecule has 0 bridgehead atoms. The fourth-order valence-electron chi connectivity index (χ4n) is 2.86. The first-order chi connectivity index (χ1) is 8.31. The van der Waals surface area contributed by atoms with Crippen molar-refractivity contribution in [3.63, 3.8) is 0 Å². The van der Waals surface area contributed by atoms with E-state index in [4.69, 9.17) is 0 Å². The molecular formula is C16H25N. The lowest BCUT2D eigenvalue weighted by Gasteiger charge is -2.21. The van der Waals surface area contributed by atoms with E-state index in [1.807, 2.05) is 0 Å². The molecular weight excluding hydrogens is 206 g/mol. The normalized spacial score (nSPS) is 17.8. The summed E-state index contributed by atoms with van der Waals surface area (Å²) in [5.41, 5.74) is 4.27. The number of rotatable bonds is 3. The van der Waals surface area contributed by atoms with E-state index in [0.717, 1.165) is 6.42 Å². The van der Waals surface area contributed by atoms with E-state index in [0.29, 0.717) is 6.04 Å². The minimum absolute atomic E-state index is 0.698. The number of hydrogen-bond donors (Lipinski definition) is 1. The van der Waals surface area contributed by atoms with Crippen molar-refractivity contribution >= 4 is 5.69 Å². The number of para-hydroxylation sites is 1. The lowest BCUT2D eigenvalue weighted by Crippen LogP contribution is -2.19. The number of hydrogen-bond acceptors (Lipinski definition) is 1. The van der Waals surface area contributed by atoms with Crippen molar-refractivity contribution in [3.8, 4) is 0 Å². The zero-order chi connectivity index (χ0) is 12.1. The Balaban J connectivity index is 2.11. The zero-order valence-corrected chi connectivity index (χ0v) is 11.3. The predicted octanol–water partition coefficient (Wildman–Crippen LogP) is 4.69. The third-order valence-corrected chi connectivity index (χ3v) is 3.94. The Morgan fingerprint density at radius 2 is 1.82 bits per heavy atom. The molecule has 1 aromatic carbocycles. The summed E-state index contributed by atoms with van der Waals surface area (Å²) >= 11 is 0. The lowest BCUT2D eigenvalue weighted by molar-refractivity contribution is 0.619. The molecule has 0 spiro atoms. The fourth-order valence-corrected chi connectivity index (χ4v) is 2.86. The van der Waals surface area contributed by atoms with Crippen molar-refractivity contribution in [2.75, 3.05) is 5.32 Å². The smallest absolute Gasteiger partial charge is 0.0404 e. The van der Waals surface area contributed by atoms with Gasteiger partial charge in [-0.05, 0) is 37.3 Å². The molecule has 0 amide bonds. The van der Waals surface area contributed by atoms with Crippen LogP contribution in [0.5, 0.6) is 0 Å². The Kier molecular flexibility index (Phi) is 4.47. The highest BCUT2D eigenvalue weighted by atomic mass is 14.9. The van der Waals surface area contributed by atoms with Gasteiger partial charge in [-0.2, -0.15) is 0 Å². The average Bonchev–Trinajstić information content (AvgIpc) is 2.60. The highest BCUT2D eigenvalue weighted by molar-refractivity contribution is 5.57. The van der Waals surface area contributed by atoms with Gasteiger partial charge in [-0.15, -0.1) is 0 Å². The quantitative estimate of drug-likeness (QED) is 0.744. The largest absolute Gasteiger partial charge is 0.382 e. The standard InChI is InChI=1S/C16H25N/c1-3-14-10-8-9-13(2)16(14)17-15-11-6-4-5-7-12-15/h8-10,15,17H,3-7,11-12H2,1-2H3. The van der Waals surface area contributed by atoms with E-state index >= 15 is 0 Å². The van der Waals surface area contributed by atoms with Crippen LogP contribution < -0.4 is 5.32 Å². The second-order valence-corrected chi connectivity index (χ2v) is 5.30. The van der Waals surface area contributed by atoms with E-state index in [1.54, 1.807) is 0 Å². The minimum Gasteiger partial charge on any atom is -0.382 e. The van der Waals surface area contributed by atoms with Crippen molar-refractivity contribution < 1.29 is 0 Å². The summed E-state index contributed by atoms with van der Waals surface area (Å²) in [5, 5.41) is 3.81. The molecule has 2 rings (SSSR count). The van der Waals surface area contributed by atoms with Gasteiger partial charge in [0.1, 0.15) is 0 Å². The van der Waals surface area contributed by atoms with E-state index in [9.17, 15) is 0 Å². The van der Waals surface area contributed by atoms with Crippen LogP contribution in [0, 0.1) is 6.92 Å². The zero-order valence-electron chi connectivity index (χ0n) is 11.3. The second kappa shape index (κ2) is 6.09. The average molecular weight is 231 g/mol. The van der Waals surface area contributed by atoms with Crippen LogP contribution in [-0.4, -0.2) is 6.04 Å². The SMILES string of the molecule is CCc1cccc(C)c1NC1CCCCCC1. The van der Waals surface area contributed by atoms with Gasteiger partial charge in [0.05, 0.1) is 0 Å². The number of anilines is 1. The molecule has 0 aliphatic heterocycles. The molecule has 1 fully saturated rings. The van der Waals surface area contributed by atoms with Crippen LogP contribution in [-0.2, 0) is 6.42 Å². The predicted molar refractivity (Wildman–Crippen MR) is 75.7 cm³/mol. The molecule has 0 radical (unpaired) electrons. The first kappa shape index (κ1) is 12.5. The molecule has 94 valence electrons. The summed E-state index contributed by atoms with van der Waals surface area (Å²) in [4.78, 5) is 0. The molecule has 0 heterocycles. The van der Waals surface area contributed by atoms with Gasteiger partial charge in [0, 0.05) is 11.7 Å². The van der Waals surface area contributed by atoms with Gasteiger partial charge in [-0.25, -0.2) is 0 Å². The van der Waals surface area contributed by atoms with Crippen LogP contribution in [0.1, 0.15) is 56.6 Å². The molecule has 1 aromatic rings. The summed E-state index contributed by atoms with van der Waals surface area (Å²) in [6.45, 7) is 4.46. The van der Waals surface area contributed by atoms with Gasteiger partial charge in [-0.3, -0.25) is 0 Å². The molecule has 0 unspecified atom stereocenters. The van der Waals surface area contributed by atoms with Crippen molar-refractivity contribution in [3.05, 3.63) is 29.3 Å². The third kappa shape index (κ3) is 3.24. The molecule has 1 heteroatoms. The van der Waals surface area contributed by atoms with Crippen molar-refractivity contribution in [1.29, 1.82) is 0 Å². The van der Waals surface area contributed by atoms with Crippen molar-refractivity contribution in [2.24, 2.45) is 0 Å². The monoisotopic (exact) mass is 231 g/mol. The number of benzene rings is 1. The van der Waals surface area contributed by atoms with Crippen LogP contribution >= 0.6 is 0 Å².